The lowest BCUT2D eigenvalue weighted by Gasteiger charge is -2.33. The number of benzene rings is 2. The zero-order valence-electron chi connectivity index (χ0n) is 13.9. The molecule has 3 nitrogen and oxygen atoms in total. The quantitative estimate of drug-likeness (QED) is 0.622. The molecule has 0 bridgehead atoms. The van der Waals surface area contributed by atoms with E-state index in [-0.39, 0.29) is 11.8 Å². The SMILES string of the molecule is Bc1ccc2c(c1)C(N1CCOCC1)/C(=C\c1ccccc1)C2=O. The molecule has 120 valence electrons. The molecule has 0 aromatic heterocycles. The van der Waals surface area contributed by atoms with Crippen molar-refractivity contribution < 1.29 is 9.53 Å². The average molecular weight is 317 g/mol. The number of morpholine rings is 1. The van der Waals surface area contributed by atoms with Crippen LogP contribution in [0.2, 0.25) is 0 Å². The highest BCUT2D eigenvalue weighted by Crippen LogP contribution is 2.40. The normalized spacial score (nSPS) is 22.8. The van der Waals surface area contributed by atoms with Crippen LogP contribution in [-0.2, 0) is 4.74 Å². The molecule has 1 heterocycles. The van der Waals surface area contributed by atoms with Crippen molar-refractivity contribution in [3.63, 3.8) is 0 Å². The van der Waals surface area contributed by atoms with Crippen LogP contribution in [0.25, 0.3) is 6.08 Å². The summed E-state index contributed by atoms with van der Waals surface area (Å²) in [4.78, 5) is 15.4. The molecule has 1 aliphatic heterocycles. The number of carbonyl (C=O) groups excluding carboxylic acids is 1. The monoisotopic (exact) mass is 317 g/mol. The third kappa shape index (κ3) is 2.72. The number of fused-ring (bicyclic) bond motifs is 1. The van der Waals surface area contributed by atoms with Crippen LogP contribution < -0.4 is 5.46 Å². The van der Waals surface area contributed by atoms with Crippen LogP contribution >= 0.6 is 0 Å². The van der Waals surface area contributed by atoms with Gasteiger partial charge >= 0.3 is 0 Å². The Hall–Kier alpha value is -2.17. The van der Waals surface area contributed by atoms with Gasteiger partial charge in [0, 0.05) is 24.2 Å². The van der Waals surface area contributed by atoms with E-state index in [9.17, 15) is 4.79 Å². The Kier molecular flexibility index (Phi) is 4.09. The molecular formula is C20H20BNO2. The molecule has 1 fully saturated rings. The number of nitrogens with zero attached hydrogens (tertiary/aromatic N) is 1. The molecule has 1 saturated heterocycles. The summed E-state index contributed by atoms with van der Waals surface area (Å²) in [5.74, 6) is 0.158. The van der Waals surface area contributed by atoms with Gasteiger partial charge in [-0.15, -0.1) is 0 Å². The third-order valence-corrected chi connectivity index (χ3v) is 4.84. The zero-order valence-corrected chi connectivity index (χ0v) is 13.9. The second kappa shape index (κ2) is 6.38. The standard InChI is InChI=1S/C20H20BNO2/c21-15-6-7-16-17(13-15)19(22-8-10-24-11-9-22)18(20(16)23)12-14-4-2-1-3-5-14/h1-7,12-13,19H,8-11,21H2/b18-12+. The van der Waals surface area contributed by atoms with Gasteiger partial charge in [0.15, 0.2) is 5.78 Å². The Morgan fingerprint density at radius 2 is 1.83 bits per heavy atom. The highest BCUT2D eigenvalue weighted by Gasteiger charge is 2.38. The maximum atomic E-state index is 13.0. The summed E-state index contributed by atoms with van der Waals surface area (Å²) in [5.41, 5.74) is 5.14. The van der Waals surface area contributed by atoms with Crippen LogP contribution in [0.4, 0.5) is 0 Å². The lowest BCUT2D eigenvalue weighted by atomic mass is 9.91. The molecule has 2 aliphatic rings. The fourth-order valence-electron chi connectivity index (χ4n) is 3.66. The van der Waals surface area contributed by atoms with Crippen molar-refractivity contribution in [2.75, 3.05) is 26.3 Å². The smallest absolute Gasteiger partial charge is 0.191 e. The summed E-state index contributed by atoms with van der Waals surface area (Å²) < 4.78 is 5.51. The summed E-state index contributed by atoms with van der Waals surface area (Å²) in [6.07, 6.45) is 2.05. The van der Waals surface area contributed by atoms with E-state index >= 15 is 0 Å². The minimum absolute atomic E-state index is 0.0384. The number of carbonyl (C=O) groups is 1. The number of ketones is 1. The van der Waals surface area contributed by atoms with Crippen LogP contribution in [0.15, 0.2) is 54.1 Å². The van der Waals surface area contributed by atoms with Crippen molar-refractivity contribution in [1.29, 1.82) is 0 Å². The van der Waals surface area contributed by atoms with Gasteiger partial charge in [-0.1, -0.05) is 54.0 Å². The van der Waals surface area contributed by atoms with E-state index in [1.54, 1.807) is 0 Å². The highest BCUT2D eigenvalue weighted by molar-refractivity contribution is 6.32. The van der Waals surface area contributed by atoms with Gasteiger partial charge in [-0.25, -0.2) is 0 Å². The topological polar surface area (TPSA) is 29.5 Å². The van der Waals surface area contributed by atoms with Gasteiger partial charge in [-0.05, 0) is 17.2 Å². The summed E-state index contributed by atoms with van der Waals surface area (Å²) in [5, 5.41) is 0. The van der Waals surface area contributed by atoms with E-state index in [0.29, 0.717) is 0 Å². The molecule has 4 rings (SSSR count). The van der Waals surface area contributed by atoms with Gasteiger partial charge in [0.2, 0.25) is 0 Å². The lowest BCUT2D eigenvalue weighted by Crippen LogP contribution is -2.39. The van der Waals surface area contributed by atoms with E-state index in [1.165, 1.54) is 5.46 Å². The van der Waals surface area contributed by atoms with Crippen molar-refractivity contribution in [2.45, 2.75) is 6.04 Å². The summed E-state index contributed by atoms with van der Waals surface area (Å²) >= 11 is 0. The summed E-state index contributed by atoms with van der Waals surface area (Å²) in [7, 11) is 2.08. The predicted molar refractivity (Wildman–Crippen MR) is 98.5 cm³/mol. The van der Waals surface area contributed by atoms with Crippen LogP contribution in [0.1, 0.15) is 27.5 Å². The van der Waals surface area contributed by atoms with Crippen molar-refractivity contribution in [1.82, 2.24) is 4.90 Å². The first-order chi connectivity index (χ1) is 11.7. The molecule has 1 atom stereocenters. The second-order valence-corrected chi connectivity index (χ2v) is 6.48. The van der Waals surface area contributed by atoms with Crippen molar-refractivity contribution >= 4 is 25.2 Å². The Bertz CT molecular complexity index is 795. The van der Waals surface area contributed by atoms with E-state index < -0.39 is 0 Å². The third-order valence-electron chi connectivity index (χ3n) is 4.84. The molecular weight excluding hydrogens is 297 g/mol. The van der Waals surface area contributed by atoms with Gasteiger partial charge in [0.25, 0.3) is 0 Å². The highest BCUT2D eigenvalue weighted by atomic mass is 16.5. The molecule has 0 saturated carbocycles. The largest absolute Gasteiger partial charge is 0.379 e. The fourth-order valence-corrected chi connectivity index (χ4v) is 3.66. The molecule has 4 heteroatoms. The van der Waals surface area contributed by atoms with E-state index in [0.717, 1.165) is 48.6 Å². The first-order valence-electron chi connectivity index (χ1n) is 8.48. The molecule has 0 radical (unpaired) electrons. The fraction of sp³-hybridized carbons (Fsp3) is 0.250. The Balaban J connectivity index is 1.82. The maximum absolute atomic E-state index is 13.0. The van der Waals surface area contributed by atoms with E-state index in [1.807, 2.05) is 42.5 Å². The second-order valence-electron chi connectivity index (χ2n) is 6.48. The predicted octanol–water partition coefficient (Wildman–Crippen LogP) is 1.60. The Labute approximate surface area is 143 Å². The number of rotatable bonds is 2. The van der Waals surface area contributed by atoms with Crippen molar-refractivity contribution in [3.8, 4) is 0 Å². The molecule has 0 N–H and O–H groups in total. The van der Waals surface area contributed by atoms with Crippen molar-refractivity contribution in [3.05, 3.63) is 70.8 Å². The van der Waals surface area contributed by atoms with Gasteiger partial charge in [-0.3, -0.25) is 9.69 Å². The minimum atomic E-state index is 0.0384. The molecule has 1 aliphatic carbocycles. The molecule has 0 amide bonds. The van der Waals surface area contributed by atoms with Crippen molar-refractivity contribution in [2.24, 2.45) is 0 Å². The lowest BCUT2D eigenvalue weighted by molar-refractivity contribution is 0.0242. The van der Waals surface area contributed by atoms with Gasteiger partial charge in [0.05, 0.1) is 19.3 Å². The number of Topliss-reactive ketones (excluding diaryl/α,β-unsaturated/α-hetero) is 1. The Morgan fingerprint density at radius 1 is 1.08 bits per heavy atom. The van der Waals surface area contributed by atoms with Gasteiger partial charge < -0.3 is 4.74 Å². The van der Waals surface area contributed by atoms with E-state index in [2.05, 4.69) is 24.9 Å². The van der Waals surface area contributed by atoms with Crippen LogP contribution in [0, 0.1) is 0 Å². The summed E-state index contributed by atoms with van der Waals surface area (Å²) in [6.45, 7) is 3.17. The molecule has 1 unspecified atom stereocenters. The minimum Gasteiger partial charge on any atom is -0.379 e. The molecule has 24 heavy (non-hydrogen) atoms. The van der Waals surface area contributed by atoms with Crippen LogP contribution in [-0.4, -0.2) is 44.8 Å². The average Bonchev–Trinajstić information content (AvgIpc) is 2.88. The summed E-state index contributed by atoms with van der Waals surface area (Å²) in [6, 6.07) is 16.3. The zero-order chi connectivity index (χ0) is 16.5. The number of ether oxygens (including phenoxy) is 1. The van der Waals surface area contributed by atoms with Crippen LogP contribution in [0.5, 0.6) is 0 Å². The molecule has 2 aromatic rings. The van der Waals surface area contributed by atoms with Crippen LogP contribution in [0.3, 0.4) is 0 Å². The maximum Gasteiger partial charge on any atom is 0.191 e. The molecule has 2 aromatic carbocycles. The first-order valence-corrected chi connectivity index (χ1v) is 8.48. The molecule has 0 spiro atoms. The van der Waals surface area contributed by atoms with Gasteiger partial charge in [-0.2, -0.15) is 0 Å². The van der Waals surface area contributed by atoms with E-state index in [4.69, 9.17) is 4.74 Å². The number of hydrogen-bond donors (Lipinski definition) is 0. The van der Waals surface area contributed by atoms with Gasteiger partial charge in [0.1, 0.15) is 7.85 Å². The number of hydrogen-bond acceptors (Lipinski definition) is 3. The first kappa shape index (κ1) is 15.4. The Morgan fingerprint density at radius 3 is 2.58 bits per heavy atom.